The predicted molar refractivity (Wildman–Crippen MR) is 119 cm³/mol. The van der Waals surface area contributed by atoms with E-state index in [0.29, 0.717) is 0 Å². The Morgan fingerprint density at radius 1 is 1.10 bits per heavy atom. The van der Waals surface area contributed by atoms with Gasteiger partial charge in [-0.2, -0.15) is 5.10 Å². The first-order valence-electron chi connectivity index (χ1n) is 10.0. The lowest BCUT2D eigenvalue weighted by Crippen LogP contribution is -2.29. The smallest absolute Gasteiger partial charge is 0.264 e. The summed E-state index contributed by atoms with van der Waals surface area (Å²) < 4.78 is 1.72. The number of carbonyl (C=O) groups is 1. The zero-order valence-electron chi connectivity index (χ0n) is 16.9. The summed E-state index contributed by atoms with van der Waals surface area (Å²) in [7, 11) is 1.88. The summed E-state index contributed by atoms with van der Waals surface area (Å²) in [6.45, 7) is 2.06. The standard InChI is InChI=1S/C24H22N4OS/c1-16(17-9-11-20(12-10-17)28-15-25-14-26-28)27(2)24(29)22-13-19-8-7-18-5-3-4-6-21(18)23(19)30-22/h3-6,9-16H,7-8H2,1-2H3. The second-order valence-corrected chi connectivity index (χ2v) is 8.70. The average molecular weight is 415 g/mol. The van der Waals surface area contributed by atoms with Crippen molar-refractivity contribution in [3.8, 4) is 16.1 Å². The fourth-order valence-electron chi connectivity index (χ4n) is 4.00. The van der Waals surface area contributed by atoms with Gasteiger partial charge in [-0.25, -0.2) is 9.67 Å². The molecule has 5 rings (SSSR count). The minimum atomic E-state index is -0.0336. The maximum Gasteiger partial charge on any atom is 0.264 e. The quantitative estimate of drug-likeness (QED) is 0.476. The van der Waals surface area contributed by atoms with Gasteiger partial charge in [-0.15, -0.1) is 11.3 Å². The van der Waals surface area contributed by atoms with Crippen LogP contribution in [0, 0.1) is 0 Å². The third-order valence-corrected chi connectivity index (χ3v) is 7.10. The van der Waals surface area contributed by atoms with E-state index in [0.717, 1.165) is 29.0 Å². The van der Waals surface area contributed by atoms with Crippen LogP contribution < -0.4 is 0 Å². The number of aryl methyl sites for hydroxylation is 2. The van der Waals surface area contributed by atoms with Crippen LogP contribution in [0.2, 0.25) is 0 Å². The van der Waals surface area contributed by atoms with Crippen molar-refractivity contribution in [2.75, 3.05) is 7.05 Å². The summed E-state index contributed by atoms with van der Waals surface area (Å²) in [5.74, 6) is 0.0692. The van der Waals surface area contributed by atoms with Gasteiger partial charge in [0.15, 0.2) is 0 Å². The van der Waals surface area contributed by atoms with Crippen LogP contribution in [0.25, 0.3) is 16.1 Å². The second-order valence-electron chi connectivity index (χ2n) is 7.65. The number of aromatic nitrogens is 3. The minimum Gasteiger partial charge on any atom is -0.334 e. The van der Waals surface area contributed by atoms with E-state index in [-0.39, 0.29) is 11.9 Å². The lowest BCUT2D eigenvalue weighted by Gasteiger charge is -2.25. The largest absolute Gasteiger partial charge is 0.334 e. The van der Waals surface area contributed by atoms with Crippen LogP contribution >= 0.6 is 11.3 Å². The molecular formula is C24H22N4OS. The van der Waals surface area contributed by atoms with Gasteiger partial charge < -0.3 is 4.90 Å². The predicted octanol–water partition coefficient (Wildman–Crippen LogP) is 4.93. The van der Waals surface area contributed by atoms with E-state index in [9.17, 15) is 4.79 Å². The number of hydrogen-bond acceptors (Lipinski definition) is 4. The van der Waals surface area contributed by atoms with E-state index in [4.69, 9.17) is 0 Å². The number of rotatable bonds is 4. The Labute approximate surface area is 179 Å². The van der Waals surface area contributed by atoms with Crippen LogP contribution in [0.1, 0.15) is 39.3 Å². The second kappa shape index (κ2) is 7.54. The molecule has 1 atom stereocenters. The third kappa shape index (κ3) is 3.23. The molecule has 0 spiro atoms. The molecule has 0 N–H and O–H groups in total. The maximum absolute atomic E-state index is 13.3. The molecule has 6 heteroatoms. The highest BCUT2D eigenvalue weighted by molar-refractivity contribution is 7.17. The molecule has 30 heavy (non-hydrogen) atoms. The molecule has 0 saturated heterocycles. The molecule has 0 radical (unpaired) electrons. The van der Waals surface area contributed by atoms with E-state index >= 15 is 0 Å². The molecule has 2 aromatic carbocycles. The van der Waals surface area contributed by atoms with Crippen LogP contribution in [0.15, 0.2) is 67.3 Å². The Kier molecular flexibility index (Phi) is 4.71. The molecule has 1 unspecified atom stereocenters. The average Bonchev–Trinajstić information content (AvgIpc) is 3.48. The van der Waals surface area contributed by atoms with Gasteiger partial charge in [0.25, 0.3) is 5.91 Å². The number of thiophene rings is 1. The minimum absolute atomic E-state index is 0.0336. The molecule has 2 aromatic heterocycles. The van der Waals surface area contributed by atoms with Crippen molar-refractivity contribution in [2.45, 2.75) is 25.8 Å². The van der Waals surface area contributed by atoms with Crippen molar-refractivity contribution in [1.82, 2.24) is 19.7 Å². The van der Waals surface area contributed by atoms with Gasteiger partial charge in [0.2, 0.25) is 0 Å². The molecule has 150 valence electrons. The first kappa shape index (κ1) is 18.8. The number of nitrogens with zero attached hydrogens (tertiary/aromatic N) is 4. The number of carbonyl (C=O) groups excluding carboxylic acids is 1. The van der Waals surface area contributed by atoms with Crippen molar-refractivity contribution in [1.29, 1.82) is 0 Å². The topological polar surface area (TPSA) is 51.0 Å². The molecule has 4 aromatic rings. The molecule has 0 bridgehead atoms. The van der Waals surface area contributed by atoms with Crippen molar-refractivity contribution in [3.05, 3.63) is 88.8 Å². The van der Waals surface area contributed by atoms with Crippen molar-refractivity contribution in [3.63, 3.8) is 0 Å². The zero-order chi connectivity index (χ0) is 20.7. The Hall–Kier alpha value is -3.25. The molecule has 1 amide bonds. The fourth-order valence-corrected chi connectivity index (χ4v) is 5.25. The number of benzene rings is 2. The number of hydrogen-bond donors (Lipinski definition) is 0. The monoisotopic (exact) mass is 414 g/mol. The first-order chi connectivity index (χ1) is 14.6. The number of fused-ring (bicyclic) bond motifs is 3. The van der Waals surface area contributed by atoms with Crippen molar-refractivity contribution < 1.29 is 4.79 Å². The Bertz CT molecular complexity index is 1190. The van der Waals surface area contributed by atoms with Gasteiger partial charge in [-0.3, -0.25) is 4.79 Å². The van der Waals surface area contributed by atoms with E-state index in [2.05, 4.69) is 47.3 Å². The normalized spacial score (nSPS) is 13.4. The number of amides is 1. The zero-order valence-corrected chi connectivity index (χ0v) is 17.8. The summed E-state index contributed by atoms with van der Waals surface area (Å²) in [5.41, 5.74) is 5.98. The molecule has 2 heterocycles. The Morgan fingerprint density at radius 2 is 1.87 bits per heavy atom. The summed E-state index contributed by atoms with van der Waals surface area (Å²) in [6.07, 6.45) is 5.23. The lowest BCUT2D eigenvalue weighted by molar-refractivity contribution is 0.0747. The van der Waals surface area contributed by atoms with E-state index < -0.39 is 0 Å². The molecule has 1 aliphatic carbocycles. The van der Waals surface area contributed by atoms with Crippen LogP contribution in [-0.2, 0) is 12.8 Å². The molecule has 0 aliphatic heterocycles. The van der Waals surface area contributed by atoms with Gasteiger partial charge in [-0.05, 0) is 60.2 Å². The van der Waals surface area contributed by atoms with Gasteiger partial charge in [0.1, 0.15) is 12.7 Å². The van der Waals surface area contributed by atoms with Gasteiger partial charge in [0.05, 0.1) is 16.6 Å². The highest BCUT2D eigenvalue weighted by Gasteiger charge is 2.25. The lowest BCUT2D eigenvalue weighted by atomic mass is 9.91. The fraction of sp³-hybridized carbons (Fsp3) is 0.208. The first-order valence-corrected chi connectivity index (χ1v) is 10.9. The van der Waals surface area contributed by atoms with E-state index in [1.54, 1.807) is 22.3 Å². The SMILES string of the molecule is CC(c1ccc(-n2cncn2)cc1)N(C)C(=O)c1cc2c(s1)-c1ccccc1CC2. The highest BCUT2D eigenvalue weighted by Crippen LogP contribution is 2.40. The molecule has 5 nitrogen and oxygen atoms in total. The summed E-state index contributed by atoms with van der Waals surface area (Å²) in [5, 5.41) is 4.15. The van der Waals surface area contributed by atoms with E-state index in [1.807, 2.05) is 36.2 Å². The Morgan fingerprint density at radius 3 is 2.63 bits per heavy atom. The van der Waals surface area contributed by atoms with Crippen molar-refractivity contribution in [2.24, 2.45) is 0 Å². The summed E-state index contributed by atoms with van der Waals surface area (Å²) >= 11 is 1.62. The van der Waals surface area contributed by atoms with Crippen LogP contribution in [0.3, 0.4) is 0 Å². The van der Waals surface area contributed by atoms with E-state index in [1.165, 1.54) is 27.9 Å². The van der Waals surface area contributed by atoms with Gasteiger partial charge >= 0.3 is 0 Å². The Balaban J connectivity index is 1.37. The summed E-state index contributed by atoms with van der Waals surface area (Å²) in [6, 6.07) is 18.7. The molecule has 1 aliphatic rings. The third-order valence-electron chi connectivity index (χ3n) is 5.91. The molecule has 0 saturated carbocycles. The van der Waals surface area contributed by atoms with Crippen LogP contribution in [0.4, 0.5) is 0 Å². The van der Waals surface area contributed by atoms with Crippen LogP contribution in [0.5, 0.6) is 0 Å². The van der Waals surface area contributed by atoms with Gasteiger partial charge in [-0.1, -0.05) is 36.4 Å². The molecule has 0 fully saturated rings. The molecular weight excluding hydrogens is 392 g/mol. The highest BCUT2D eigenvalue weighted by atomic mass is 32.1. The van der Waals surface area contributed by atoms with Gasteiger partial charge in [0, 0.05) is 11.9 Å². The maximum atomic E-state index is 13.3. The van der Waals surface area contributed by atoms with Crippen molar-refractivity contribution >= 4 is 17.2 Å². The van der Waals surface area contributed by atoms with Crippen LogP contribution in [-0.4, -0.2) is 32.6 Å². The summed E-state index contributed by atoms with van der Waals surface area (Å²) in [4.78, 5) is 21.1.